The van der Waals surface area contributed by atoms with Crippen LogP contribution in [-0.4, -0.2) is 17.5 Å². The van der Waals surface area contributed by atoms with Crippen LogP contribution in [0.1, 0.15) is 10.6 Å². The summed E-state index contributed by atoms with van der Waals surface area (Å²) in [6.07, 6.45) is -4.47. The Hall–Kier alpha value is -2.87. The number of nitrogens with zero attached hydrogens (tertiary/aromatic N) is 1. The smallest absolute Gasteiger partial charge is 0.416 e. The number of hydrogen-bond acceptors (Lipinski definition) is 4. The van der Waals surface area contributed by atoms with Gasteiger partial charge in [-0.3, -0.25) is 4.79 Å². The fourth-order valence-corrected chi connectivity index (χ4v) is 3.01. The minimum atomic E-state index is -4.47. The van der Waals surface area contributed by atoms with Gasteiger partial charge in [0.1, 0.15) is 5.75 Å². The Balaban J connectivity index is 1.67. The lowest BCUT2D eigenvalue weighted by atomic mass is 10.1. The summed E-state index contributed by atoms with van der Waals surface area (Å²) >= 11 is 1.50. The number of hydrogen-bond donors (Lipinski definition) is 1. The lowest BCUT2D eigenvalue weighted by Gasteiger charge is -2.12. The molecule has 0 atom stereocenters. The van der Waals surface area contributed by atoms with Crippen molar-refractivity contribution < 1.29 is 22.7 Å². The van der Waals surface area contributed by atoms with Crippen LogP contribution in [0.4, 0.5) is 18.9 Å². The Morgan fingerprint density at radius 2 is 1.96 bits per heavy atom. The van der Waals surface area contributed by atoms with E-state index in [-0.39, 0.29) is 5.75 Å². The van der Waals surface area contributed by atoms with Crippen LogP contribution in [0.25, 0.3) is 11.3 Å². The molecule has 0 unspecified atom stereocenters. The van der Waals surface area contributed by atoms with E-state index < -0.39 is 24.3 Å². The summed E-state index contributed by atoms with van der Waals surface area (Å²) in [5, 5.41) is 5.50. The Morgan fingerprint density at radius 1 is 1.19 bits per heavy atom. The predicted molar refractivity (Wildman–Crippen MR) is 97.9 cm³/mol. The van der Waals surface area contributed by atoms with Crippen LogP contribution in [0.3, 0.4) is 0 Å². The van der Waals surface area contributed by atoms with Gasteiger partial charge in [0.25, 0.3) is 5.91 Å². The first-order valence-corrected chi connectivity index (χ1v) is 8.82. The van der Waals surface area contributed by atoms with Crippen molar-refractivity contribution in [3.8, 4) is 17.0 Å². The number of amides is 1. The highest BCUT2D eigenvalue weighted by Crippen LogP contribution is 2.31. The van der Waals surface area contributed by atoms with Gasteiger partial charge < -0.3 is 10.1 Å². The van der Waals surface area contributed by atoms with Gasteiger partial charge in [0, 0.05) is 10.9 Å². The molecule has 0 spiro atoms. The Bertz CT molecular complexity index is 954. The highest BCUT2D eigenvalue weighted by molar-refractivity contribution is 7.09. The molecule has 2 aromatic carbocycles. The van der Waals surface area contributed by atoms with Crippen LogP contribution in [0, 0.1) is 6.92 Å². The number of anilines is 1. The number of halogens is 3. The second-order valence-electron chi connectivity index (χ2n) is 5.66. The second-order valence-corrected chi connectivity index (χ2v) is 6.72. The molecule has 0 aliphatic heterocycles. The van der Waals surface area contributed by atoms with Gasteiger partial charge in [0.15, 0.2) is 6.61 Å². The highest BCUT2D eigenvalue weighted by Gasteiger charge is 2.30. The molecule has 4 nitrogen and oxygen atoms in total. The molecule has 1 N–H and O–H groups in total. The molecule has 0 fully saturated rings. The van der Waals surface area contributed by atoms with Crippen molar-refractivity contribution in [2.75, 3.05) is 11.9 Å². The van der Waals surface area contributed by atoms with Crippen molar-refractivity contribution in [2.24, 2.45) is 0 Å². The number of ether oxygens (including phenoxy) is 1. The molecule has 0 aliphatic rings. The molecule has 1 amide bonds. The summed E-state index contributed by atoms with van der Waals surface area (Å²) in [6.45, 7) is 1.48. The second kappa shape index (κ2) is 7.79. The maximum atomic E-state index is 12.7. The summed E-state index contributed by atoms with van der Waals surface area (Å²) in [5.74, 6) is -0.504. The number of para-hydroxylation sites is 1. The SMILES string of the molecule is Cc1nc(-c2ccccc2NC(=O)COc2cccc(C(F)(F)F)c2)cs1. The van der Waals surface area contributed by atoms with Crippen molar-refractivity contribution in [3.63, 3.8) is 0 Å². The van der Waals surface area contributed by atoms with Crippen molar-refractivity contribution in [1.82, 2.24) is 4.98 Å². The van der Waals surface area contributed by atoms with Crippen LogP contribution in [-0.2, 0) is 11.0 Å². The van der Waals surface area contributed by atoms with Gasteiger partial charge in [0.2, 0.25) is 0 Å². The van der Waals surface area contributed by atoms with E-state index in [1.54, 1.807) is 12.1 Å². The minimum Gasteiger partial charge on any atom is -0.484 e. The van der Waals surface area contributed by atoms with Crippen LogP contribution < -0.4 is 10.1 Å². The Morgan fingerprint density at radius 3 is 2.67 bits per heavy atom. The number of carbonyl (C=O) groups is 1. The fraction of sp³-hybridized carbons (Fsp3) is 0.158. The third kappa shape index (κ3) is 4.85. The average molecular weight is 392 g/mol. The predicted octanol–water partition coefficient (Wildman–Crippen LogP) is 5.15. The molecule has 0 bridgehead atoms. The number of rotatable bonds is 5. The maximum Gasteiger partial charge on any atom is 0.416 e. The maximum absolute atomic E-state index is 12.7. The van der Waals surface area contributed by atoms with Gasteiger partial charge in [-0.05, 0) is 31.2 Å². The molecule has 140 valence electrons. The lowest BCUT2D eigenvalue weighted by molar-refractivity contribution is -0.137. The number of aromatic nitrogens is 1. The largest absolute Gasteiger partial charge is 0.484 e. The van der Waals surface area contributed by atoms with E-state index in [1.807, 2.05) is 24.4 Å². The third-order valence-electron chi connectivity index (χ3n) is 3.63. The molecule has 0 saturated carbocycles. The number of aryl methyl sites for hydroxylation is 1. The van der Waals surface area contributed by atoms with E-state index in [0.717, 1.165) is 28.4 Å². The third-order valence-corrected chi connectivity index (χ3v) is 4.40. The van der Waals surface area contributed by atoms with Crippen molar-refractivity contribution in [3.05, 3.63) is 64.5 Å². The number of alkyl halides is 3. The van der Waals surface area contributed by atoms with Crippen molar-refractivity contribution >= 4 is 22.9 Å². The molecule has 3 rings (SSSR count). The van der Waals surface area contributed by atoms with E-state index in [9.17, 15) is 18.0 Å². The van der Waals surface area contributed by atoms with E-state index in [2.05, 4.69) is 10.3 Å². The lowest BCUT2D eigenvalue weighted by Crippen LogP contribution is -2.20. The minimum absolute atomic E-state index is 0.0246. The molecule has 8 heteroatoms. The van der Waals surface area contributed by atoms with Gasteiger partial charge in [-0.2, -0.15) is 13.2 Å². The summed E-state index contributed by atoms with van der Waals surface area (Å²) in [5.41, 5.74) is 1.23. The summed E-state index contributed by atoms with van der Waals surface area (Å²) < 4.78 is 43.4. The van der Waals surface area contributed by atoms with E-state index in [4.69, 9.17) is 4.74 Å². The van der Waals surface area contributed by atoms with Crippen LogP contribution in [0.15, 0.2) is 53.9 Å². The number of benzene rings is 2. The van der Waals surface area contributed by atoms with Gasteiger partial charge in [-0.25, -0.2) is 4.98 Å². The average Bonchev–Trinajstić information content (AvgIpc) is 3.06. The van der Waals surface area contributed by atoms with Gasteiger partial charge in [0.05, 0.1) is 22.0 Å². The van der Waals surface area contributed by atoms with Crippen LogP contribution in [0.2, 0.25) is 0 Å². The molecule has 27 heavy (non-hydrogen) atoms. The van der Waals surface area contributed by atoms with Crippen molar-refractivity contribution in [2.45, 2.75) is 13.1 Å². The zero-order chi connectivity index (χ0) is 19.4. The molecule has 0 radical (unpaired) electrons. The van der Waals surface area contributed by atoms with Crippen LogP contribution in [0.5, 0.6) is 5.75 Å². The molecule has 3 aromatic rings. The van der Waals surface area contributed by atoms with Crippen molar-refractivity contribution in [1.29, 1.82) is 0 Å². The number of thiazole rings is 1. The van der Waals surface area contributed by atoms with Gasteiger partial charge in [-0.15, -0.1) is 11.3 Å². The van der Waals surface area contributed by atoms with E-state index >= 15 is 0 Å². The molecule has 0 saturated heterocycles. The molecule has 0 aliphatic carbocycles. The zero-order valence-corrected chi connectivity index (χ0v) is 15.0. The number of carbonyl (C=O) groups excluding carboxylic acids is 1. The molecule has 1 aromatic heterocycles. The van der Waals surface area contributed by atoms with Gasteiger partial charge >= 0.3 is 6.18 Å². The highest BCUT2D eigenvalue weighted by atomic mass is 32.1. The summed E-state index contributed by atoms with van der Waals surface area (Å²) in [7, 11) is 0. The Labute approximate surface area is 157 Å². The van der Waals surface area contributed by atoms with E-state index in [0.29, 0.717) is 5.69 Å². The first-order chi connectivity index (χ1) is 12.8. The fourth-order valence-electron chi connectivity index (χ4n) is 2.40. The van der Waals surface area contributed by atoms with Crippen LogP contribution >= 0.6 is 11.3 Å². The molecular formula is C19H15F3N2O2S. The quantitative estimate of drug-likeness (QED) is 0.653. The number of nitrogens with one attached hydrogen (secondary N) is 1. The molecule has 1 heterocycles. The topological polar surface area (TPSA) is 51.2 Å². The monoisotopic (exact) mass is 392 g/mol. The first kappa shape index (κ1) is 18.9. The summed E-state index contributed by atoms with van der Waals surface area (Å²) in [4.78, 5) is 16.6. The van der Waals surface area contributed by atoms with E-state index in [1.165, 1.54) is 23.5 Å². The molecular weight excluding hydrogens is 377 g/mol. The Kier molecular flexibility index (Phi) is 5.46. The van der Waals surface area contributed by atoms with Gasteiger partial charge in [-0.1, -0.05) is 24.3 Å². The standard InChI is InChI=1S/C19H15F3N2O2S/c1-12-23-17(11-27-12)15-7-2-3-8-16(15)24-18(25)10-26-14-6-4-5-13(9-14)19(20,21)22/h2-9,11H,10H2,1H3,(H,24,25). The normalized spacial score (nSPS) is 11.3. The summed E-state index contributed by atoms with van der Waals surface area (Å²) in [6, 6.07) is 11.6. The zero-order valence-electron chi connectivity index (χ0n) is 14.2. The first-order valence-electron chi connectivity index (χ1n) is 7.94.